The number of hydrogen-bond donors (Lipinski definition) is 0. The van der Waals surface area contributed by atoms with E-state index in [1.807, 2.05) is 29.2 Å². The van der Waals surface area contributed by atoms with Crippen molar-refractivity contribution < 1.29 is 14.3 Å². The number of amides is 2. The predicted molar refractivity (Wildman–Crippen MR) is 82.3 cm³/mol. The second-order valence-electron chi connectivity index (χ2n) is 6.22. The smallest absolute Gasteiger partial charge is 0.228 e. The molecule has 3 rings (SSSR count). The number of hydrogen-bond acceptors (Lipinski definition) is 3. The number of methoxy groups -OCH3 is 1. The highest BCUT2D eigenvalue weighted by Gasteiger charge is 2.42. The molecule has 22 heavy (non-hydrogen) atoms. The molecule has 118 valence electrons. The SMILES string of the molecule is COc1ccc(CN(C)C(=O)C2CC(=O)N(C3CC3)C2)cc1. The number of likely N-dealkylation sites (tertiary alicyclic amines) is 1. The Morgan fingerprint density at radius 2 is 2.00 bits per heavy atom. The monoisotopic (exact) mass is 302 g/mol. The van der Waals surface area contributed by atoms with E-state index in [0.717, 1.165) is 24.2 Å². The third-order valence-electron chi connectivity index (χ3n) is 4.45. The molecule has 1 aliphatic heterocycles. The molecule has 2 aliphatic rings. The lowest BCUT2D eigenvalue weighted by molar-refractivity contribution is -0.135. The Bertz CT molecular complexity index is 566. The molecule has 1 aromatic rings. The number of carbonyl (C=O) groups is 2. The minimum Gasteiger partial charge on any atom is -0.497 e. The van der Waals surface area contributed by atoms with Crippen LogP contribution < -0.4 is 4.74 Å². The lowest BCUT2D eigenvalue weighted by Gasteiger charge is -2.21. The maximum absolute atomic E-state index is 12.5. The van der Waals surface area contributed by atoms with Crippen molar-refractivity contribution >= 4 is 11.8 Å². The standard InChI is InChI=1S/C17H22N2O3/c1-18(10-12-3-7-15(22-2)8-4-12)17(21)13-9-16(20)19(11-13)14-5-6-14/h3-4,7-8,13-14H,5-6,9-11H2,1-2H3. The van der Waals surface area contributed by atoms with Crippen LogP contribution in [0.5, 0.6) is 5.75 Å². The third kappa shape index (κ3) is 3.08. The zero-order chi connectivity index (χ0) is 15.7. The quantitative estimate of drug-likeness (QED) is 0.831. The van der Waals surface area contributed by atoms with Crippen molar-refractivity contribution in [3.63, 3.8) is 0 Å². The molecule has 2 amide bonds. The molecule has 5 heteroatoms. The lowest BCUT2D eigenvalue weighted by Crippen LogP contribution is -2.34. The van der Waals surface area contributed by atoms with Gasteiger partial charge < -0.3 is 14.5 Å². The van der Waals surface area contributed by atoms with E-state index >= 15 is 0 Å². The summed E-state index contributed by atoms with van der Waals surface area (Å²) in [5.41, 5.74) is 1.06. The Labute approximate surface area is 130 Å². The van der Waals surface area contributed by atoms with Crippen molar-refractivity contribution in [3.8, 4) is 5.75 Å². The van der Waals surface area contributed by atoms with E-state index in [2.05, 4.69) is 0 Å². The molecule has 1 atom stereocenters. The average molecular weight is 302 g/mol. The van der Waals surface area contributed by atoms with Gasteiger partial charge in [-0.1, -0.05) is 12.1 Å². The van der Waals surface area contributed by atoms with Crippen LogP contribution in [-0.4, -0.2) is 48.4 Å². The summed E-state index contributed by atoms with van der Waals surface area (Å²) in [4.78, 5) is 28.1. The van der Waals surface area contributed by atoms with Gasteiger partial charge in [-0.25, -0.2) is 0 Å². The van der Waals surface area contributed by atoms with Gasteiger partial charge in [0.1, 0.15) is 5.75 Å². The van der Waals surface area contributed by atoms with Crippen LogP contribution in [-0.2, 0) is 16.1 Å². The maximum Gasteiger partial charge on any atom is 0.228 e. The zero-order valence-corrected chi connectivity index (χ0v) is 13.1. The summed E-state index contributed by atoms with van der Waals surface area (Å²) >= 11 is 0. The van der Waals surface area contributed by atoms with Gasteiger partial charge in [0.05, 0.1) is 13.0 Å². The van der Waals surface area contributed by atoms with E-state index < -0.39 is 0 Å². The van der Waals surface area contributed by atoms with Gasteiger partial charge in [-0.2, -0.15) is 0 Å². The van der Waals surface area contributed by atoms with Crippen LogP contribution in [0, 0.1) is 5.92 Å². The van der Waals surface area contributed by atoms with Crippen molar-refractivity contribution in [2.45, 2.75) is 31.8 Å². The van der Waals surface area contributed by atoms with E-state index in [4.69, 9.17) is 4.74 Å². The summed E-state index contributed by atoms with van der Waals surface area (Å²) in [6.07, 6.45) is 2.55. The highest BCUT2D eigenvalue weighted by Crippen LogP contribution is 2.33. The molecule has 5 nitrogen and oxygen atoms in total. The first-order chi connectivity index (χ1) is 10.6. The van der Waals surface area contributed by atoms with E-state index in [1.165, 1.54) is 0 Å². The summed E-state index contributed by atoms with van der Waals surface area (Å²) in [6, 6.07) is 8.10. The second-order valence-corrected chi connectivity index (χ2v) is 6.22. The van der Waals surface area contributed by atoms with Crippen LogP contribution in [0.15, 0.2) is 24.3 Å². The Morgan fingerprint density at radius 3 is 2.59 bits per heavy atom. The topological polar surface area (TPSA) is 49.9 Å². The first kappa shape index (κ1) is 14.9. The van der Waals surface area contributed by atoms with Gasteiger partial charge in [0.25, 0.3) is 0 Å². The van der Waals surface area contributed by atoms with Crippen LogP contribution in [0.4, 0.5) is 0 Å². The molecule has 0 N–H and O–H groups in total. The largest absolute Gasteiger partial charge is 0.497 e. The minimum atomic E-state index is -0.184. The van der Waals surface area contributed by atoms with Crippen LogP contribution in [0.3, 0.4) is 0 Å². The Morgan fingerprint density at radius 1 is 1.32 bits per heavy atom. The van der Waals surface area contributed by atoms with Crippen LogP contribution in [0.25, 0.3) is 0 Å². The molecule has 1 heterocycles. The first-order valence-corrected chi connectivity index (χ1v) is 7.76. The molecular weight excluding hydrogens is 280 g/mol. The number of carbonyl (C=O) groups excluding carboxylic acids is 2. The highest BCUT2D eigenvalue weighted by molar-refractivity contribution is 5.89. The average Bonchev–Trinajstić information content (AvgIpc) is 3.29. The Hall–Kier alpha value is -2.04. The fourth-order valence-electron chi connectivity index (χ4n) is 3.03. The van der Waals surface area contributed by atoms with Crippen LogP contribution >= 0.6 is 0 Å². The van der Waals surface area contributed by atoms with Gasteiger partial charge >= 0.3 is 0 Å². The van der Waals surface area contributed by atoms with Gasteiger partial charge in [0.15, 0.2) is 0 Å². The van der Waals surface area contributed by atoms with Crippen molar-refractivity contribution in [2.75, 3.05) is 20.7 Å². The molecule has 1 unspecified atom stereocenters. The summed E-state index contributed by atoms with van der Waals surface area (Å²) in [5.74, 6) is 0.821. The van der Waals surface area contributed by atoms with Crippen LogP contribution in [0.1, 0.15) is 24.8 Å². The Kier molecular flexibility index (Phi) is 4.05. The highest BCUT2D eigenvalue weighted by atomic mass is 16.5. The molecule has 1 saturated carbocycles. The molecular formula is C17H22N2O3. The molecule has 1 aliphatic carbocycles. The van der Waals surface area contributed by atoms with E-state index in [1.54, 1.807) is 19.1 Å². The van der Waals surface area contributed by atoms with E-state index in [0.29, 0.717) is 25.6 Å². The van der Waals surface area contributed by atoms with E-state index in [9.17, 15) is 9.59 Å². The lowest BCUT2D eigenvalue weighted by atomic mass is 10.1. The van der Waals surface area contributed by atoms with E-state index in [-0.39, 0.29) is 17.7 Å². The fraction of sp³-hybridized carbons (Fsp3) is 0.529. The minimum absolute atomic E-state index is 0.0623. The van der Waals surface area contributed by atoms with Gasteiger partial charge in [-0.15, -0.1) is 0 Å². The Balaban J connectivity index is 1.58. The van der Waals surface area contributed by atoms with Gasteiger partial charge in [0, 0.05) is 32.6 Å². The zero-order valence-electron chi connectivity index (χ0n) is 13.1. The molecule has 0 spiro atoms. The van der Waals surface area contributed by atoms with Gasteiger partial charge in [0.2, 0.25) is 11.8 Å². The molecule has 2 fully saturated rings. The van der Waals surface area contributed by atoms with Crippen molar-refractivity contribution in [1.82, 2.24) is 9.80 Å². The molecule has 1 aromatic carbocycles. The summed E-state index contributed by atoms with van der Waals surface area (Å²) in [5, 5.41) is 0. The van der Waals surface area contributed by atoms with Gasteiger partial charge in [-0.3, -0.25) is 9.59 Å². The number of rotatable bonds is 5. The van der Waals surface area contributed by atoms with Crippen molar-refractivity contribution in [1.29, 1.82) is 0 Å². The third-order valence-corrected chi connectivity index (χ3v) is 4.45. The second kappa shape index (κ2) is 5.99. The molecule has 1 saturated heterocycles. The first-order valence-electron chi connectivity index (χ1n) is 7.76. The van der Waals surface area contributed by atoms with Gasteiger partial charge in [-0.05, 0) is 30.5 Å². The van der Waals surface area contributed by atoms with Crippen molar-refractivity contribution in [3.05, 3.63) is 29.8 Å². The maximum atomic E-state index is 12.5. The number of ether oxygens (including phenoxy) is 1. The summed E-state index contributed by atoms with van der Waals surface area (Å²) in [6.45, 7) is 1.15. The molecule has 0 aromatic heterocycles. The fourth-order valence-corrected chi connectivity index (χ4v) is 3.03. The predicted octanol–water partition coefficient (Wildman–Crippen LogP) is 1.66. The normalized spacial score (nSPS) is 21.1. The van der Waals surface area contributed by atoms with Crippen molar-refractivity contribution in [2.24, 2.45) is 5.92 Å². The summed E-state index contributed by atoms with van der Waals surface area (Å²) in [7, 11) is 3.43. The molecule has 0 radical (unpaired) electrons. The molecule has 0 bridgehead atoms. The summed E-state index contributed by atoms with van der Waals surface area (Å²) < 4.78 is 5.13. The number of nitrogens with zero attached hydrogens (tertiary/aromatic N) is 2. The number of benzene rings is 1. The van der Waals surface area contributed by atoms with Crippen LogP contribution in [0.2, 0.25) is 0 Å².